The van der Waals surface area contributed by atoms with Gasteiger partial charge in [0.1, 0.15) is 18.3 Å². The Morgan fingerprint density at radius 3 is 2.10 bits per heavy atom. The molecule has 0 radical (unpaired) electrons. The third-order valence-corrected chi connectivity index (χ3v) is 11.1. The standard InChI is InChI=1S/C37H39Cl2N3O5S/c1-47-31-20-18-30(19-21-31)42(48(45,46)32-15-9-4-10-16-32)26-36(43)41(25-28-17-22-33(38)34(39)23-28)35(24-27-11-5-2-6-12-27)37(44)40-29-13-7-3-8-14-29/h2,4-6,9-12,15-23,29,35H,3,7-8,13-14,24-26H2,1H3,(H,40,44)/t35-/m0/s1. The number of methoxy groups -OCH3 is 1. The quantitative estimate of drug-likeness (QED) is 0.158. The van der Waals surface area contributed by atoms with Gasteiger partial charge in [0.2, 0.25) is 11.8 Å². The molecule has 4 aromatic carbocycles. The van der Waals surface area contributed by atoms with Crippen molar-refractivity contribution in [1.82, 2.24) is 10.2 Å². The molecule has 0 aromatic heterocycles. The fourth-order valence-electron chi connectivity index (χ4n) is 5.93. The van der Waals surface area contributed by atoms with Crippen LogP contribution in [0.1, 0.15) is 43.2 Å². The van der Waals surface area contributed by atoms with Crippen LogP contribution in [-0.2, 0) is 32.6 Å². The van der Waals surface area contributed by atoms with Crippen molar-refractivity contribution in [1.29, 1.82) is 0 Å². The number of ether oxygens (including phenoxy) is 1. The normalized spacial score (nSPS) is 14.1. The summed E-state index contributed by atoms with van der Waals surface area (Å²) in [5, 5.41) is 3.87. The van der Waals surface area contributed by atoms with Gasteiger partial charge in [-0.1, -0.05) is 97.1 Å². The van der Waals surface area contributed by atoms with Crippen molar-refractivity contribution in [3.63, 3.8) is 0 Å². The van der Waals surface area contributed by atoms with E-state index in [1.807, 2.05) is 30.3 Å². The number of hydrogen-bond donors (Lipinski definition) is 1. The molecule has 0 spiro atoms. The first-order valence-electron chi connectivity index (χ1n) is 16.0. The average molecular weight is 709 g/mol. The van der Waals surface area contributed by atoms with Gasteiger partial charge in [0.25, 0.3) is 10.0 Å². The van der Waals surface area contributed by atoms with Gasteiger partial charge in [-0.3, -0.25) is 13.9 Å². The highest BCUT2D eigenvalue weighted by atomic mass is 35.5. The molecule has 0 aliphatic heterocycles. The van der Waals surface area contributed by atoms with Crippen LogP contribution in [0.5, 0.6) is 5.75 Å². The lowest BCUT2D eigenvalue weighted by molar-refractivity contribution is -0.140. The first-order valence-corrected chi connectivity index (χ1v) is 18.1. The van der Waals surface area contributed by atoms with Gasteiger partial charge in [0.15, 0.2) is 0 Å². The minimum atomic E-state index is -4.21. The molecule has 1 N–H and O–H groups in total. The van der Waals surface area contributed by atoms with Gasteiger partial charge >= 0.3 is 0 Å². The molecule has 11 heteroatoms. The third kappa shape index (κ3) is 8.89. The van der Waals surface area contributed by atoms with Crippen LogP contribution >= 0.6 is 23.2 Å². The van der Waals surface area contributed by atoms with E-state index in [1.54, 1.807) is 60.7 Å². The van der Waals surface area contributed by atoms with E-state index >= 15 is 0 Å². The number of benzene rings is 4. The summed E-state index contributed by atoms with van der Waals surface area (Å²) in [4.78, 5) is 30.4. The summed E-state index contributed by atoms with van der Waals surface area (Å²) in [6, 6.07) is 28.0. The Labute approximate surface area is 292 Å². The monoisotopic (exact) mass is 707 g/mol. The summed E-state index contributed by atoms with van der Waals surface area (Å²) in [5.41, 5.74) is 1.77. The molecule has 0 heterocycles. The summed E-state index contributed by atoms with van der Waals surface area (Å²) < 4.78 is 34.7. The Hall–Kier alpha value is -4.05. The Morgan fingerprint density at radius 1 is 0.833 bits per heavy atom. The summed E-state index contributed by atoms with van der Waals surface area (Å²) in [6.45, 7) is -0.569. The molecule has 1 saturated carbocycles. The lowest BCUT2D eigenvalue weighted by Crippen LogP contribution is -2.55. The number of amides is 2. The molecule has 1 atom stereocenters. The number of halogens is 2. The molecular formula is C37H39Cl2N3O5S. The van der Waals surface area contributed by atoms with Gasteiger partial charge in [0, 0.05) is 19.0 Å². The second kappa shape index (κ2) is 16.4. The lowest BCUT2D eigenvalue weighted by atomic mass is 9.94. The molecule has 8 nitrogen and oxygen atoms in total. The predicted octanol–water partition coefficient (Wildman–Crippen LogP) is 7.29. The highest BCUT2D eigenvalue weighted by molar-refractivity contribution is 7.92. The number of nitrogens with zero attached hydrogens (tertiary/aromatic N) is 2. The van der Waals surface area contributed by atoms with E-state index in [2.05, 4.69) is 5.32 Å². The highest BCUT2D eigenvalue weighted by Crippen LogP contribution is 2.28. The predicted molar refractivity (Wildman–Crippen MR) is 190 cm³/mol. The zero-order valence-corrected chi connectivity index (χ0v) is 29.1. The van der Waals surface area contributed by atoms with Crippen LogP contribution in [0.4, 0.5) is 5.69 Å². The summed E-state index contributed by atoms with van der Waals surface area (Å²) in [7, 11) is -2.69. The fraction of sp³-hybridized carbons (Fsp3) is 0.297. The van der Waals surface area contributed by atoms with Crippen molar-refractivity contribution < 1.29 is 22.7 Å². The summed E-state index contributed by atoms with van der Waals surface area (Å²) >= 11 is 12.6. The number of carbonyl (C=O) groups excluding carboxylic acids is 2. The van der Waals surface area contributed by atoms with Crippen LogP contribution < -0.4 is 14.4 Å². The number of nitrogens with one attached hydrogen (secondary N) is 1. The van der Waals surface area contributed by atoms with Crippen LogP contribution in [0, 0.1) is 0 Å². The van der Waals surface area contributed by atoms with Crippen LogP contribution in [0.25, 0.3) is 0 Å². The van der Waals surface area contributed by atoms with Gasteiger partial charge in [-0.15, -0.1) is 0 Å². The van der Waals surface area contributed by atoms with Crippen molar-refractivity contribution in [3.8, 4) is 5.75 Å². The van der Waals surface area contributed by atoms with Gasteiger partial charge in [-0.05, 0) is 72.5 Å². The number of anilines is 1. The van der Waals surface area contributed by atoms with Gasteiger partial charge in [-0.25, -0.2) is 8.42 Å². The van der Waals surface area contributed by atoms with Crippen molar-refractivity contribution >= 4 is 50.7 Å². The van der Waals surface area contributed by atoms with E-state index in [0.717, 1.165) is 42.0 Å². The summed E-state index contributed by atoms with van der Waals surface area (Å²) in [6.07, 6.45) is 5.12. The molecule has 2 amide bonds. The van der Waals surface area contributed by atoms with Crippen molar-refractivity contribution in [2.75, 3.05) is 18.0 Å². The molecule has 0 unspecified atom stereocenters. The topological polar surface area (TPSA) is 96.0 Å². The minimum absolute atomic E-state index is 0.000655. The SMILES string of the molecule is COc1ccc(N(CC(=O)N(Cc2ccc(Cl)c(Cl)c2)[C@@H](Cc2ccccc2)C(=O)NC2CCCCC2)S(=O)(=O)c2ccccc2)cc1. The molecule has 1 aliphatic carbocycles. The zero-order chi connectivity index (χ0) is 34.1. The zero-order valence-electron chi connectivity index (χ0n) is 26.7. The van der Waals surface area contributed by atoms with Crippen LogP contribution in [-0.4, -0.2) is 50.9 Å². The molecule has 0 bridgehead atoms. The van der Waals surface area contributed by atoms with E-state index in [9.17, 15) is 18.0 Å². The first kappa shape index (κ1) is 35.3. The van der Waals surface area contributed by atoms with E-state index in [4.69, 9.17) is 27.9 Å². The number of hydrogen-bond acceptors (Lipinski definition) is 5. The Bertz CT molecular complexity index is 1790. The molecule has 1 fully saturated rings. The maximum atomic E-state index is 14.7. The van der Waals surface area contributed by atoms with Gasteiger partial charge in [0.05, 0.1) is 27.7 Å². The Kier molecular flexibility index (Phi) is 12.0. The molecule has 252 valence electrons. The summed E-state index contributed by atoms with van der Waals surface area (Å²) in [5.74, 6) is -0.317. The van der Waals surface area contributed by atoms with E-state index < -0.39 is 28.5 Å². The van der Waals surface area contributed by atoms with Gasteiger partial charge < -0.3 is 15.0 Å². The van der Waals surface area contributed by atoms with Crippen molar-refractivity contribution in [2.45, 2.75) is 62.0 Å². The maximum Gasteiger partial charge on any atom is 0.264 e. The second-order valence-corrected chi connectivity index (χ2v) is 14.5. The molecule has 0 saturated heterocycles. The number of carbonyl (C=O) groups is 2. The van der Waals surface area contributed by atoms with E-state index in [1.165, 1.54) is 24.1 Å². The first-order chi connectivity index (χ1) is 23.2. The van der Waals surface area contributed by atoms with E-state index in [-0.39, 0.29) is 35.5 Å². The van der Waals surface area contributed by atoms with Crippen LogP contribution in [0.3, 0.4) is 0 Å². The Morgan fingerprint density at radius 2 is 1.48 bits per heavy atom. The fourth-order valence-corrected chi connectivity index (χ4v) is 7.69. The van der Waals surface area contributed by atoms with Crippen molar-refractivity contribution in [2.24, 2.45) is 0 Å². The maximum absolute atomic E-state index is 14.7. The van der Waals surface area contributed by atoms with Crippen molar-refractivity contribution in [3.05, 3.63) is 124 Å². The largest absolute Gasteiger partial charge is 0.497 e. The molecule has 5 rings (SSSR count). The number of sulfonamides is 1. The molecule has 4 aromatic rings. The Balaban J connectivity index is 1.57. The third-order valence-electron chi connectivity index (χ3n) is 8.53. The average Bonchev–Trinajstić information content (AvgIpc) is 3.11. The van der Waals surface area contributed by atoms with Gasteiger partial charge in [-0.2, -0.15) is 0 Å². The van der Waals surface area contributed by atoms with Crippen LogP contribution in [0.15, 0.2) is 108 Å². The smallest absolute Gasteiger partial charge is 0.264 e. The second-order valence-electron chi connectivity index (χ2n) is 11.8. The number of rotatable bonds is 13. The molecular weight excluding hydrogens is 669 g/mol. The molecule has 1 aliphatic rings. The van der Waals surface area contributed by atoms with E-state index in [0.29, 0.717) is 21.4 Å². The highest BCUT2D eigenvalue weighted by Gasteiger charge is 2.35. The lowest BCUT2D eigenvalue weighted by Gasteiger charge is -2.35. The minimum Gasteiger partial charge on any atom is -0.497 e. The molecule has 48 heavy (non-hydrogen) atoms. The van der Waals surface area contributed by atoms with Crippen LogP contribution in [0.2, 0.25) is 10.0 Å².